The van der Waals surface area contributed by atoms with Crippen molar-refractivity contribution in [3.05, 3.63) is 173 Å². The van der Waals surface area contributed by atoms with Crippen molar-refractivity contribution in [3.63, 3.8) is 0 Å². The molecule has 0 saturated carbocycles. The summed E-state index contributed by atoms with van der Waals surface area (Å²) in [5.74, 6) is 1.06. The number of fused-ring (bicyclic) bond motifs is 1. The number of aromatic nitrogens is 2. The fraction of sp³-hybridized carbons (Fsp3) is 0.298. The number of ether oxygens (including phenoxy) is 1. The first-order valence-corrected chi connectivity index (χ1v) is 19.2. The summed E-state index contributed by atoms with van der Waals surface area (Å²) < 4.78 is 5.17. The van der Waals surface area contributed by atoms with Gasteiger partial charge < -0.3 is 15.4 Å². The maximum atomic E-state index is 12.8. The Kier molecular flexibility index (Phi) is 13.9. The van der Waals surface area contributed by atoms with Gasteiger partial charge in [-0.3, -0.25) is 4.90 Å². The molecule has 5 aromatic carbocycles. The van der Waals surface area contributed by atoms with Crippen LogP contribution in [0.2, 0.25) is 0 Å². The average molecular weight is 720 g/mol. The molecule has 278 valence electrons. The number of aryl methyl sites for hydroxylation is 2. The molecule has 6 rings (SSSR count). The first kappa shape index (κ1) is 38.4. The first-order chi connectivity index (χ1) is 26.4. The van der Waals surface area contributed by atoms with Gasteiger partial charge >= 0.3 is 5.97 Å². The van der Waals surface area contributed by atoms with E-state index in [-0.39, 0.29) is 11.9 Å². The van der Waals surface area contributed by atoms with Crippen LogP contribution in [0.25, 0.3) is 10.9 Å². The Labute approximate surface area is 320 Å². The minimum absolute atomic E-state index is 0.00496. The maximum Gasteiger partial charge on any atom is 0.328 e. The Bertz CT molecular complexity index is 2000. The fourth-order valence-electron chi connectivity index (χ4n) is 6.81. The molecule has 0 bridgehead atoms. The Morgan fingerprint density at radius 1 is 0.630 bits per heavy atom. The fourth-order valence-corrected chi connectivity index (χ4v) is 6.81. The predicted octanol–water partition coefficient (Wildman–Crippen LogP) is 9.30. The minimum atomic E-state index is -0.537. The van der Waals surface area contributed by atoms with Gasteiger partial charge in [-0.05, 0) is 77.1 Å². The molecule has 0 unspecified atom stereocenters. The van der Waals surface area contributed by atoms with Crippen molar-refractivity contribution >= 4 is 22.7 Å². The van der Waals surface area contributed by atoms with Gasteiger partial charge in [0, 0.05) is 31.6 Å². The number of rotatable bonds is 19. The van der Waals surface area contributed by atoms with E-state index in [0.29, 0.717) is 18.2 Å². The highest BCUT2D eigenvalue weighted by molar-refractivity contribution is 5.91. The Hall–Kier alpha value is -5.37. The van der Waals surface area contributed by atoms with Crippen LogP contribution in [0.15, 0.2) is 133 Å². The first-order valence-electron chi connectivity index (χ1n) is 19.2. The number of carbonyl (C=O) groups excluding carboxylic acids is 1. The highest BCUT2D eigenvalue weighted by Gasteiger charge is 2.25. The highest BCUT2D eigenvalue weighted by atomic mass is 16.5. The summed E-state index contributed by atoms with van der Waals surface area (Å²) in [7, 11) is 1.43. The van der Waals surface area contributed by atoms with Gasteiger partial charge in [-0.15, -0.1) is 0 Å². The van der Waals surface area contributed by atoms with E-state index >= 15 is 0 Å². The van der Waals surface area contributed by atoms with Crippen molar-refractivity contribution in [3.8, 4) is 0 Å². The molecule has 0 aliphatic heterocycles. The molecule has 1 heterocycles. The lowest BCUT2D eigenvalue weighted by molar-refractivity contribution is -0.142. The number of nitrogens with one attached hydrogen (secondary N) is 2. The van der Waals surface area contributed by atoms with E-state index in [1.807, 2.05) is 26.0 Å². The largest absolute Gasteiger partial charge is 0.467 e. The van der Waals surface area contributed by atoms with Gasteiger partial charge in [0.25, 0.3) is 0 Å². The number of hydrogen-bond acceptors (Lipinski definition) is 7. The van der Waals surface area contributed by atoms with Crippen molar-refractivity contribution in [2.75, 3.05) is 12.4 Å². The summed E-state index contributed by atoms with van der Waals surface area (Å²) in [6.45, 7) is 7.81. The summed E-state index contributed by atoms with van der Waals surface area (Å²) in [4.78, 5) is 25.4. The number of methoxy groups -OCH3 is 1. The zero-order valence-electron chi connectivity index (χ0n) is 31.9. The quantitative estimate of drug-likeness (QED) is 0.0638. The topological polar surface area (TPSA) is 79.4 Å². The summed E-state index contributed by atoms with van der Waals surface area (Å²) >= 11 is 0. The van der Waals surface area contributed by atoms with Crippen molar-refractivity contribution in [1.29, 1.82) is 0 Å². The molecule has 0 saturated heterocycles. The number of carbonyl (C=O) groups is 1. The molecule has 2 N–H and O–H groups in total. The van der Waals surface area contributed by atoms with Crippen molar-refractivity contribution < 1.29 is 9.53 Å². The predicted molar refractivity (Wildman–Crippen MR) is 220 cm³/mol. The zero-order chi connectivity index (χ0) is 37.5. The van der Waals surface area contributed by atoms with E-state index in [1.54, 1.807) is 0 Å². The van der Waals surface area contributed by atoms with E-state index in [1.165, 1.54) is 40.5 Å². The molecule has 6 aromatic rings. The summed E-state index contributed by atoms with van der Waals surface area (Å²) in [5, 5.41) is 7.89. The number of unbranched alkanes of at least 4 members (excludes halogenated alkanes) is 1. The Morgan fingerprint density at radius 2 is 1.15 bits per heavy atom. The molecule has 7 nitrogen and oxygen atoms in total. The van der Waals surface area contributed by atoms with Crippen molar-refractivity contribution in [2.45, 2.75) is 78.3 Å². The lowest BCUT2D eigenvalue weighted by Gasteiger charge is -2.24. The lowest BCUT2D eigenvalue weighted by atomic mass is 10.0. The van der Waals surface area contributed by atoms with Crippen LogP contribution in [-0.2, 0) is 55.1 Å². The second kappa shape index (κ2) is 19.6. The number of esters is 1. The number of benzene rings is 5. The minimum Gasteiger partial charge on any atom is -0.467 e. The van der Waals surface area contributed by atoms with Gasteiger partial charge in [0.15, 0.2) is 0 Å². The van der Waals surface area contributed by atoms with E-state index in [0.717, 1.165) is 62.8 Å². The lowest BCUT2D eigenvalue weighted by Crippen LogP contribution is -2.36. The van der Waals surface area contributed by atoms with Crippen molar-refractivity contribution in [2.24, 2.45) is 5.92 Å². The summed E-state index contributed by atoms with van der Waals surface area (Å²) in [5.41, 5.74) is 8.55. The second-order valence-electron chi connectivity index (χ2n) is 14.5. The van der Waals surface area contributed by atoms with Gasteiger partial charge in [-0.2, -0.15) is 0 Å². The molecule has 1 atom stereocenters. The molecular weight excluding hydrogens is 667 g/mol. The van der Waals surface area contributed by atoms with Crippen molar-refractivity contribution in [1.82, 2.24) is 20.2 Å². The molecule has 0 aliphatic carbocycles. The van der Waals surface area contributed by atoms with Gasteiger partial charge in [-0.1, -0.05) is 135 Å². The van der Waals surface area contributed by atoms with E-state index in [9.17, 15) is 4.79 Å². The third-order valence-corrected chi connectivity index (χ3v) is 9.79. The van der Waals surface area contributed by atoms with Crippen LogP contribution in [-0.4, -0.2) is 34.0 Å². The molecule has 1 aromatic heterocycles. The second-order valence-corrected chi connectivity index (χ2v) is 14.5. The Morgan fingerprint density at radius 3 is 1.72 bits per heavy atom. The van der Waals surface area contributed by atoms with Gasteiger partial charge in [0.05, 0.1) is 19.2 Å². The number of anilines is 1. The standard InChI is InChI=1S/C47H53N5O2/c1-35(2)45(47(53)54-3)51-46-42-28-27-37(16-14-13-15-36-23-25-39(26-24-36)31-48-30-38-17-7-4-8-18-38)29-43(42)49-44(50-46)34-52(32-40-19-9-5-10-20-40)33-41-21-11-6-12-22-41/h4-12,17-29,35,45,48H,13-16,30-34H2,1-3H3,(H,49,50,51)/t45-/m0/s1. The van der Waals surface area contributed by atoms with E-state index in [2.05, 4.69) is 137 Å². The zero-order valence-corrected chi connectivity index (χ0v) is 31.9. The SMILES string of the molecule is COC(=O)[C@@H](Nc1nc(CN(Cc2ccccc2)Cc2ccccc2)nc2cc(CCCCc3ccc(CNCc4ccccc4)cc3)ccc12)C(C)C. The Balaban J connectivity index is 1.15. The molecule has 7 heteroatoms. The van der Waals surface area contributed by atoms with Crippen LogP contribution in [0.3, 0.4) is 0 Å². The molecular formula is C47H53N5O2. The van der Waals surface area contributed by atoms with Crippen LogP contribution in [0.5, 0.6) is 0 Å². The van der Waals surface area contributed by atoms with Gasteiger partial charge in [0.1, 0.15) is 17.7 Å². The van der Waals surface area contributed by atoms with Crippen LogP contribution in [0.1, 0.15) is 65.9 Å². The van der Waals surface area contributed by atoms with Crippen LogP contribution in [0.4, 0.5) is 5.82 Å². The van der Waals surface area contributed by atoms with Crippen LogP contribution < -0.4 is 10.6 Å². The molecule has 0 amide bonds. The monoisotopic (exact) mass is 719 g/mol. The van der Waals surface area contributed by atoms with E-state index < -0.39 is 6.04 Å². The van der Waals surface area contributed by atoms with Gasteiger partial charge in [-0.25, -0.2) is 14.8 Å². The smallest absolute Gasteiger partial charge is 0.328 e. The highest BCUT2D eigenvalue weighted by Crippen LogP contribution is 2.26. The number of nitrogens with zero attached hydrogens (tertiary/aromatic N) is 3. The molecule has 0 fully saturated rings. The summed E-state index contributed by atoms with van der Waals surface area (Å²) in [6.07, 6.45) is 4.20. The summed E-state index contributed by atoms with van der Waals surface area (Å²) in [6, 6.07) is 46.5. The van der Waals surface area contributed by atoms with Gasteiger partial charge in [0.2, 0.25) is 0 Å². The van der Waals surface area contributed by atoms with Crippen LogP contribution >= 0.6 is 0 Å². The average Bonchev–Trinajstić information content (AvgIpc) is 3.19. The number of hydrogen-bond donors (Lipinski definition) is 2. The molecule has 0 radical (unpaired) electrons. The third-order valence-electron chi connectivity index (χ3n) is 9.79. The third kappa shape index (κ3) is 11.3. The molecule has 0 spiro atoms. The molecule has 54 heavy (non-hydrogen) atoms. The van der Waals surface area contributed by atoms with Crippen LogP contribution in [0, 0.1) is 5.92 Å². The molecule has 0 aliphatic rings. The maximum absolute atomic E-state index is 12.8. The normalized spacial score (nSPS) is 11.9. The van der Waals surface area contributed by atoms with E-state index in [4.69, 9.17) is 14.7 Å².